The van der Waals surface area contributed by atoms with Crippen molar-refractivity contribution < 1.29 is 17.4 Å². The molecule has 0 heterocycles. The Balaban J connectivity index is 2.34. The van der Waals surface area contributed by atoms with Crippen LogP contribution in [-0.4, -0.2) is 20.7 Å². The molecule has 122 valence electrons. The zero-order valence-electron chi connectivity index (χ0n) is 13.1. The summed E-state index contributed by atoms with van der Waals surface area (Å²) in [7, 11) is -3.90. The van der Waals surface area contributed by atoms with E-state index in [0.717, 1.165) is 0 Å². The Morgan fingerprint density at radius 1 is 1.09 bits per heavy atom. The van der Waals surface area contributed by atoms with Gasteiger partial charge in [-0.1, -0.05) is 25.1 Å². The third kappa shape index (κ3) is 4.10. The molecule has 0 aliphatic heterocycles. The molecule has 0 spiro atoms. The molecule has 0 atom stereocenters. The monoisotopic (exact) mass is 333 g/mol. The van der Waals surface area contributed by atoms with E-state index in [2.05, 4.69) is 5.32 Å². The van der Waals surface area contributed by atoms with Crippen LogP contribution in [0.2, 0.25) is 0 Å². The van der Waals surface area contributed by atoms with E-state index in [1.165, 1.54) is 24.3 Å². The standard InChI is InChI=1S/C17H19NO4S/c1-3-17(19)15-11-10-13(12-16(15)18-4-2)22-23(20,21)14-8-6-5-7-9-14/h5-12,18H,3-4H2,1-2H3. The minimum atomic E-state index is -3.90. The summed E-state index contributed by atoms with van der Waals surface area (Å²) in [6.07, 6.45) is 0.376. The quantitative estimate of drug-likeness (QED) is 0.620. The summed E-state index contributed by atoms with van der Waals surface area (Å²) < 4.78 is 29.6. The van der Waals surface area contributed by atoms with Gasteiger partial charge in [-0.2, -0.15) is 8.42 Å². The molecule has 0 saturated carbocycles. The van der Waals surface area contributed by atoms with E-state index in [0.29, 0.717) is 24.2 Å². The minimum absolute atomic E-state index is 0.0154. The fourth-order valence-electron chi connectivity index (χ4n) is 2.11. The zero-order valence-corrected chi connectivity index (χ0v) is 13.9. The second-order valence-corrected chi connectivity index (χ2v) is 6.41. The highest BCUT2D eigenvalue weighted by molar-refractivity contribution is 7.87. The van der Waals surface area contributed by atoms with Gasteiger partial charge in [-0.05, 0) is 31.2 Å². The first kappa shape index (κ1) is 17.0. The number of rotatable bonds is 7. The van der Waals surface area contributed by atoms with Crippen molar-refractivity contribution in [3.05, 3.63) is 54.1 Å². The summed E-state index contributed by atoms with van der Waals surface area (Å²) in [5.41, 5.74) is 1.10. The SMILES string of the molecule is CCNc1cc(OS(=O)(=O)c2ccccc2)ccc1C(=O)CC. The average molecular weight is 333 g/mol. The highest BCUT2D eigenvalue weighted by Gasteiger charge is 2.18. The second kappa shape index (κ2) is 7.28. The molecular weight excluding hydrogens is 314 g/mol. The molecule has 0 amide bonds. The van der Waals surface area contributed by atoms with Crippen LogP contribution in [0.3, 0.4) is 0 Å². The van der Waals surface area contributed by atoms with E-state index in [1.54, 1.807) is 31.2 Å². The van der Waals surface area contributed by atoms with Crippen LogP contribution in [0.5, 0.6) is 5.75 Å². The molecule has 2 rings (SSSR count). The topological polar surface area (TPSA) is 72.5 Å². The third-order valence-corrected chi connectivity index (χ3v) is 4.48. The number of hydrogen-bond donors (Lipinski definition) is 1. The highest BCUT2D eigenvalue weighted by Crippen LogP contribution is 2.26. The van der Waals surface area contributed by atoms with Crippen molar-refractivity contribution in [3.8, 4) is 5.75 Å². The summed E-state index contributed by atoms with van der Waals surface area (Å²) in [6, 6.07) is 12.5. The van der Waals surface area contributed by atoms with E-state index in [4.69, 9.17) is 4.18 Å². The van der Waals surface area contributed by atoms with Crippen LogP contribution in [-0.2, 0) is 10.1 Å². The van der Waals surface area contributed by atoms with Gasteiger partial charge in [-0.3, -0.25) is 4.79 Å². The van der Waals surface area contributed by atoms with Crippen LogP contribution in [0.25, 0.3) is 0 Å². The Hall–Kier alpha value is -2.34. The molecular formula is C17H19NO4S. The Morgan fingerprint density at radius 2 is 1.78 bits per heavy atom. The lowest BCUT2D eigenvalue weighted by Gasteiger charge is -2.12. The van der Waals surface area contributed by atoms with E-state index in [1.807, 2.05) is 6.92 Å². The summed E-state index contributed by atoms with van der Waals surface area (Å²) in [4.78, 5) is 12.0. The maximum Gasteiger partial charge on any atom is 0.339 e. The molecule has 0 unspecified atom stereocenters. The number of hydrogen-bond acceptors (Lipinski definition) is 5. The van der Waals surface area contributed by atoms with E-state index < -0.39 is 10.1 Å². The molecule has 2 aromatic carbocycles. The predicted octanol–water partition coefficient (Wildman–Crippen LogP) is 3.48. The lowest BCUT2D eigenvalue weighted by Crippen LogP contribution is -2.11. The minimum Gasteiger partial charge on any atom is -0.385 e. The predicted molar refractivity (Wildman–Crippen MR) is 89.5 cm³/mol. The number of carbonyl (C=O) groups is 1. The summed E-state index contributed by atoms with van der Waals surface area (Å²) in [5, 5.41) is 3.06. The van der Waals surface area contributed by atoms with Crippen molar-refractivity contribution in [1.29, 1.82) is 0 Å². The first-order valence-electron chi connectivity index (χ1n) is 7.38. The lowest BCUT2D eigenvalue weighted by molar-refractivity contribution is 0.0989. The molecule has 6 heteroatoms. The van der Waals surface area contributed by atoms with Gasteiger partial charge >= 0.3 is 10.1 Å². The van der Waals surface area contributed by atoms with E-state index >= 15 is 0 Å². The van der Waals surface area contributed by atoms with Crippen LogP contribution >= 0.6 is 0 Å². The van der Waals surface area contributed by atoms with Crippen molar-refractivity contribution in [2.24, 2.45) is 0 Å². The van der Waals surface area contributed by atoms with Gasteiger partial charge in [0, 0.05) is 30.3 Å². The van der Waals surface area contributed by atoms with Gasteiger partial charge in [0.1, 0.15) is 10.6 Å². The molecule has 0 bridgehead atoms. The first-order valence-corrected chi connectivity index (χ1v) is 8.79. The molecule has 1 N–H and O–H groups in total. The van der Waals surface area contributed by atoms with Crippen LogP contribution in [0.15, 0.2) is 53.4 Å². The van der Waals surface area contributed by atoms with Crippen LogP contribution in [0.1, 0.15) is 30.6 Å². The van der Waals surface area contributed by atoms with Crippen molar-refractivity contribution in [2.45, 2.75) is 25.2 Å². The first-order chi connectivity index (χ1) is 11.0. The van der Waals surface area contributed by atoms with Crippen LogP contribution < -0.4 is 9.50 Å². The Labute approximate surface area is 136 Å². The normalized spacial score (nSPS) is 11.0. The number of nitrogens with one attached hydrogen (secondary N) is 1. The third-order valence-electron chi connectivity index (χ3n) is 3.22. The molecule has 0 aliphatic carbocycles. The molecule has 2 aromatic rings. The summed E-state index contributed by atoms with van der Waals surface area (Å²) in [6.45, 7) is 4.29. The Bertz CT molecular complexity index is 785. The molecule has 0 saturated heterocycles. The number of anilines is 1. The maximum absolute atomic E-state index is 12.2. The van der Waals surface area contributed by atoms with Crippen molar-refractivity contribution in [1.82, 2.24) is 0 Å². The Morgan fingerprint density at radius 3 is 2.39 bits per heavy atom. The lowest BCUT2D eigenvalue weighted by atomic mass is 10.1. The molecule has 5 nitrogen and oxygen atoms in total. The molecule has 0 radical (unpaired) electrons. The molecule has 23 heavy (non-hydrogen) atoms. The van der Waals surface area contributed by atoms with Gasteiger partial charge < -0.3 is 9.50 Å². The van der Waals surface area contributed by atoms with E-state index in [9.17, 15) is 13.2 Å². The number of ketones is 1. The zero-order chi connectivity index (χ0) is 16.9. The maximum atomic E-state index is 12.2. The van der Waals surface area contributed by atoms with Crippen molar-refractivity contribution >= 4 is 21.6 Å². The molecule has 0 aliphatic rings. The molecule has 0 fully saturated rings. The fraction of sp³-hybridized carbons (Fsp3) is 0.235. The molecule has 0 aromatic heterocycles. The van der Waals surface area contributed by atoms with Crippen LogP contribution in [0, 0.1) is 0 Å². The van der Waals surface area contributed by atoms with Gasteiger partial charge in [-0.15, -0.1) is 0 Å². The van der Waals surface area contributed by atoms with Gasteiger partial charge in [0.15, 0.2) is 5.78 Å². The fourth-order valence-corrected chi connectivity index (χ4v) is 3.05. The van der Waals surface area contributed by atoms with Gasteiger partial charge in [-0.25, -0.2) is 0 Å². The number of carbonyl (C=O) groups excluding carboxylic acids is 1. The largest absolute Gasteiger partial charge is 0.385 e. The Kier molecular flexibility index (Phi) is 5.39. The second-order valence-electron chi connectivity index (χ2n) is 4.86. The highest BCUT2D eigenvalue weighted by atomic mass is 32.2. The van der Waals surface area contributed by atoms with Crippen molar-refractivity contribution in [2.75, 3.05) is 11.9 Å². The van der Waals surface area contributed by atoms with E-state index in [-0.39, 0.29) is 16.4 Å². The van der Waals surface area contributed by atoms with Gasteiger partial charge in [0.2, 0.25) is 0 Å². The van der Waals surface area contributed by atoms with Crippen LogP contribution in [0.4, 0.5) is 5.69 Å². The number of benzene rings is 2. The smallest absolute Gasteiger partial charge is 0.339 e. The van der Waals surface area contributed by atoms with Gasteiger partial charge in [0.05, 0.1) is 0 Å². The number of Topliss-reactive ketones (excluding diaryl/α,β-unsaturated/α-hetero) is 1. The van der Waals surface area contributed by atoms with Gasteiger partial charge in [0.25, 0.3) is 0 Å². The summed E-state index contributed by atoms with van der Waals surface area (Å²) in [5.74, 6) is 0.149. The average Bonchev–Trinajstić information content (AvgIpc) is 2.55. The summed E-state index contributed by atoms with van der Waals surface area (Å²) >= 11 is 0. The van der Waals surface area contributed by atoms with Crippen molar-refractivity contribution in [3.63, 3.8) is 0 Å².